The lowest BCUT2D eigenvalue weighted by Crippen LogP contribution is -2.24. The van der Waals surface area contributed by atoms with E-state index in [4.69, 9.17) is 4.74 Å². The van der Waals surface area contributed by atoms with Crippen molar-refractivity contribution in [1.82, 2.24) is 15.3 Å². The molecule has 5 heteroatoms. The number of ether oxygens (including phenoxy) is 1. The van der Waals surface area contributed by atoms with Crippen molar-refractivity contribution in [2.45, 2.75) is 13.5 Å². The molecule has 0 spiro atoms. The number of carbonyl (C=O) groups is 1. The van der Waals surface area contributed by atoms with Gasteiger partial charge in [-0.2, -0.15) is 0 Å². The maximum absolute atomic E-state index is 12.4. The van der Waals surface area contributed by atoms with E-state index in [0.717, 1.165) is 22.2 Å². The molecule has 3 rings (SSSR count). The SMILES string of the molecule is COc1ccc(CNC(=O)c2cc3cnccc3nc2C)cc1. The number of carbonyl (C=O) groups excluding carboxylic acids is 1. The van der Waals surface area contributed by atoms with Crippen molar-refractivity contribution in [3.8, 4) is 5.75 Å². The van der Waals surface area contributed by atoms with Crippen molar-refractivity contribution >= 4 is 16.8 Å². The fourth-order valence-corrected chi connectivity index (χ4v) is 2.36. The first-order valence-electron chi connectivity index (χ1n) is 7.30. The predicted molar refractivity (Wildman–Crippen MR) is 88.4 cm³/mol. The minimum absolute atomic E-state index is 0.142. The van der Waals surface area contributed by atoms with Crippen LogP contribution in [0, 0.1) is 6.92 Å². The highest BCUT2D eigenvalue weighted by molar-refractivity contribution is 5.98. The van der Waals surface area contributed by atoms with Crippen LogP contribution in [0.5, 0.6) is 5.75 Å². The maximum atomic E-state index is 12.4. The Bertz CT molecular complexity index is 845. The smallest absolute Gasteiger partial charge is 0.253 e. The Hall–Kier alpha value is -2.95. The minimum atomic E-state index is -0.142. The van der Waals surface area contributed by atoms with Gasteiger partial charge >= 0.3 is 0 Å². The number of methoxy groups -OCH3 is 1. The average molecular weight is 307 g/mol. The lowest BCUT2D eigenvalue weighted by molar-refractivity contribution is 0.0950. The molecule has 23 heavy (non-hydrogen) atoms. The molecular formula is C18H17N3O2. The maximum Gasteiger partial charge on any atom is 0.253 e. The fraction of sp³-hybridized carbons (Fsp3) is 0.167. The van der Waals surface area contributed by atoms with E-state index in [0.29, 0.717) is 17.8 Å². The van der Waals surface area contributed by atoms with E-state index in [9.17, 15) is 4.79 Å². The first-order chi connectivity index (χ1) is 11.2. The van der Waals surface area contributed by atoms with E-state index in [-0.39, 0.29) is 5.91 Å². The average Bonchev–Trinajstić information content (AvgIpc) is 2.59. The molecule has 0 aliphatic rings. The number of nitrogens with one attached hydrogen (secondary N) is 1. The van der Waals surface area contributed by atoms with E-state index < -0.39 is 0 Å². The van der Waals surface area contributed by atoms with Gasteiger partial charge in [0, 0.05) is 24.3 Å². The highest BCUT2D eigenvalue weighted by Crippen LogP contribution is 2.16. The van der Waals surface area contributed by atoms with Gasteiger partial charge in [-0.15, -0.1) is 0 Å². The summed E-state index contributed by atoms with van der Waals surface area (Å²) in [4.78, 5) is 20.9. The van der Waals surface area contributed by atoms with Crippen LogP contribution in [-0.2, 0) is 6.54 Å². The number of pyridine rings is 2. The summed E-state index contributed by atoms with van der Waals surface area (Å²) in [7, 11) is 1.63. The molecule has 3 aromatic rings. The van der Waals surface area contributed by atoms with Crippen molar-refractivity contribution in [2.24, 2.45) is 0 Å². The second-order valence-corrected chi connectivity index (χ2v) is 5.22. The first-order valence-corrected chi connectivity index (χ1v) is 7.30. The molecular weight excluding hydrogens is 290 g/mol. The molecule has 2 heterocycles. The summed E-state index contributed by atoms with van der Waals surface area (Å²) in [5.41, 5.74) is 3.12. The monoisotopic (exact) mass is 307 g/mol. The van der Waals surface area contributed by atoms with Crippen molar-refractivity contribution < 1.29 is 9.53 Å². The summed E-state index contributed by atoms with van der Waals surface area (Å²) >= 11 is 0. The number of hydrogen-bond acceptors (Lipinski definition) is 4. The molecule has 2 aromatic heterocycles. The van der Waals surface area contributed by atoms with E-state index >= 15 is 0 Å². The summed E-state index contributed by atoms with van der Waals surface area (Å²) < 4.78 is 5.12. The normalized spacial score (nSPS) is 10.5. The molecule has 0 bridgehead atoms. The number of amides is 1. The van der Waals surface area contributed by atoms with Gasteiger partial charge in [-0.3, -0.25) is 14.8 Å². The van der Waals surface area contributed by atoms with Gasteiger partial charge in [-0.05, 0) is 36.8 Å². The van der Waals surface area contributed by atoms with Gasteiger partial charge < -0.3 is 10.1 Å². The van der Waals surface area contributed by atoms with Crippen LogP contribution in [0.25, 0.3) is 10.9 Å². The number of nitrogens with zero attached hydrogens (tertiary/aromatic N) is 2. The lowest BCUT2D eigenvalue weighted by atomic mass is 10.1. The van der Waals surface area contributed by atoms with Crippen LogP contribution < -0.4 is 10.1 Å². The third kappa shape index (κ3) is 3.29. The molecule has 5 nitrogen and oxygen atoms in total. The quantitative estimate of drug-likeness (QED) is 0.805. The Morgan fingerprint density at radius 2 is 2.00 bits per heavy atom. The summed E-state index contributed by atoms with van der Waals surface area (Å²) in [6, 6.07) is 11.3. The van der Waals surface area contributed by atoms with Crippen LogP contribution in [0.1, 0.15) is 21.6 Å². The topological polar surface area (TPSA) is 64.1 Å². The van der Waals surface area contributed by atoms with E-state index in [2.05, 4.69) is 15.3 Å². The van der Waals surface area contributed by atoms with Crippen LogP contribution in [0.15, 0.2) is 48.8 Å². The Kier molecular flexibility index (Phi) is 4.19. The van der Waals surface area contributed by atoms with Crippen LogP contribution in [0.4, 0.5) is 0 Å². The molecule has 0 radical (unpaired) electrons. The Balaban J connectivity index is 1.76. The van der Waals surface area contributed by atoms with Crippen molar-refractivity contribution in [2.75, 3.05) is 7.11 Å². The Morgan fingerprint density at radius 1 is 1.22 bits per heavy atom. The van der Waals surface area contributed by atoms with Gasteiger partial charge in [0.1, 0.15) is 5.75 Å². The van der Waals surface area contributed by atoms with Crippen LogP contribution in [0.3, 0.4) is 0 Å². The second kappa shape index (κ2) is 6.44. The third-order valence-corrected chi connectivity index (χ3v) is 3.66. The van der Waals surface area contributed by atoms with Crippen molar-refractivity contribution in [3.63, 3.8) is 0 Å². The number of aromatic nitrogens is 2. The zero-order chi connectivity index (χ0) is 16.2. The van der Waals surface area contributed by atoms with Gasteiger partial charge in [0.05, 0.1) is 23.9 Å². The zero-order valence-electron chi connectivity index (χ0n) is 13.0. The molecule has 0 fully saturated rings. The highest BCUT2D eigenvalue weighted by atomic mass is 16.5. The summed E-state index contributed by atoms with van der Waals surface area (Å²) in [5, 5.41) is 3.77. The van der Waals surface area contributed by atoms with E-state index in [1.54, 1.807) is 19.5 Å². The zero-order valence-corrected chi connectivity index (χ0v) is 13.0. The van der Waals surface area contributed by atoms with Crippen molar-refractivity contribution in [3.05, 3.63) is 65.6 Å². The largest absolute Gasteiger partial charge is 0.497 e. The molecule has 0 unspecified atom stereocenters. The summed E-state index contributed by atoms with van der Waals surface area (Å²) in [6.45, 7) is 2.29. The molecule has 1 aromatic carbocycles. The van der Waals surface area contributed by atoms with Crippen molar-refractivity contribution in [1.29, 1.82) is 0 Å². The van der Waals surface area contributed by atoms with E-state index in [1.807, 2.05) is 43.3 Å². The Labute approximate surface area is 134 Å². The molecule has 1 N–H and O–H groups in total. The number of rotatable bonds is 4. The third-order valence-electron chi connectivity index (χ3n) is 3.66. The standard InChI is InChI=1S/C18H17N3O2/c1-12-16(9-14-11-19-8-7-17(14)21-12)18(22)20-10-13-3-5-15(23-2)6-4-13/h3-9,11H,10H2,1-2H3,(H,20,22). The van der Waals surface area contributed by atoms with E-state index in [1.165, 1.54) is 0 Å². The van der Waals surface area contributed by atoms with Gasteiger partial charge in [0.15, 0.2) is 0 Å². The second-order valence-electron chi connectivity index (χ2n) is 5.22. The number of benzene rings is 1. The van der Waals surface area contributed by atoms with Gasteiger partial charge in [-0.25, -0.2) is 0 Å². The molecule has 0 saturated carbocycles. The molecule has 116 valence electrons. The highest BCUT2D eigenvalue weighted by Gasteiger charge is 2.11. The van der Waals surface area contributed by atoms with Crippen LogP contribution in [0.2, 0.25) is 0 Å². The molecule has 0 saturated heterocycles. The lowest BCUT2D eigenvalue weighted by Gasteiger charge is -2.09. The number of aryl methyl sites for hydroxylation is 1. The number of fused-ring (bicyclic) bond motifs is 1. The predicted octanol–water partition coefficient (Wildman–Crippen LogP) is 2.88. The molecule has 0 aliphatic carbocycles. The van der Waals surface area contributed by atoms with Gasteiger partial charge in [0.2, 0.25) is 0 Å². The van der Waals surface area contributed by atoms with Crippen LogP contribution >= 0.6 is 0 Å². The summed E-state index contributed by atoms with van der Waals surface area (Å²) in [5.74, 6) is 0.652. The van der Waals surface area contributed by atoms with Gasteiger partial charge in [0.25, 0.3) is 5.91 Å². The molecule has 1 amide bonds. The molecule has 0 aliphatic heterocycles. The number of hydrogen-bond donors (Lipinski definition) is 1. The Morgan fingerprint density at radius 3 is 2.74 bits per heavy atom. The summed E-state index contributed by atoms with van der Waals surface area (Å²) in [6.07, 6.45) is 3.40. The fourth-order valence-electron chi connectivity index (χ4n) is 2.36. The molecule has 0 atom stereocenters. The minimum Gasteiger partial charge on any atom is -0.497 e. The van der Waals surface area contributed by atoms with Crippen LogP contribution in [-0.4, -0.2) is 23.0 Å². The first kappa shape index (κ1) is 15.0. The van der Waals surface area contributed by atoms with Gasteiger partial charge in [-0.1, -0.05) is 12.1 Å².